The molecule has 1 amide bonds. The molecule has 1 aromatic heterocycles. The van der Waals surface area contributed by atoms with Gasteiger partial charge in [-0.15, -0.1) is 11.3 Å². The van der Waals surface area contributed by atoms with E-state index in [1.54, 1.807) is 24.3 Å². The summed E-state index contributed by atoms with van der Waals surface area (Å²) in [4.78, 5) is 13.5. The molecule has 1 heterocycles. The van der Waals surface area contributed by atoms with Gasteiger partial charge in [0.2, 0.25) is 0 Å². The van der Waals surface area contributed by atoms with Crippen LogP contribution in [0.4, 0.5) is 4.39 Å². The Hall–Kier alpha value is -1.68. The lowest BCUT2D eigenvalue weighted by atomic mass is 10.2. The first-order valence-electron chi connectivity index (χ1n) is 5.25. The van der Waals surface area contributed by atoms with Crippen molar-refractivity contribution in [1.29, 1.82) is 0 Å². The average Bonchev–Trinajstić information content (AvgIpc) is 2.74. The van der Waals surface area contributed by atoms with Crippen LogP contribution in [0, 0.1) is 12.7 Å². The Morgan fingerprint density at radius 2 is 2.06 bits per heavy atom. The minimum Gasteiger partial charge on any atom is -0.347 e. The molecule has 17 heavy (non-hydrogen) atoms. The van der Waals surface area contributed by atoms with E-state index in [0.717, 1.165) is 4.88 Å². The molecule has 0 bridgehead atoms. The molecule has 0 unspecified atom stereocenters. The SMILES string of the molecule is Cc1ccc(C(=O)NCc2ccccc2F)s1. The first kappa shape index (κ1) is 11.8. The summed E-state index contributed by atoms with van der Waals surface area (Å²) < 4.78 is 13.3. The summed E-state index contributed by atoms with van der Waals surface area (Å²) in [6, 6.07) is 10.1. The molecule has 0 aliphatic rings. The van der Waals surface area contributed by atoms with Gasteiger partial charge in [0.05, 0.1) is 4.88 Å². The summed E-state index contributed by atoms with van der Waals surface area (Å²) in [6.45, 7) is 2.15. The van der Waals surface area contributed by atoms with Gasteiger partial charge in [-0.3, -0.25) is 4.79 Å². The summed E-state index contributed by atoms with van der Waals surface area (Å²) in [5, 5.41) is 2.70. The van der Waals surface area contributed by atoms with Crippen LogP contribution in [0.3, 0.4) is 0 Å². The molecule has 0 aliphatic heterocycles. The number of hydrogen-bond donors (Lipinski definition) is 1. The fourth-order valence-electron chi connectivity index (χ4n) is 1.46. The van der Waals surface area contributed by atoms with E-state index in [1.807, 2.05) is 13.0 Å². The molecule has 0 atom stereocenters. The van der Waals surface area contributed by atoms with E-state index >= 15 is 0 Å². The molecule has 1 N–H and O–H groups in total. The lowest BCUT2D eigenvalue weighted by Crippen LogP contribution is -2.22. The molecule has 0 saturated heterocycles. The van der Waals surface area contributed by atoms with Gasteiger partial charge in [0.15, 0.2) is 0 Å². The average molecular weight is 249 g/mol. The Morgan fingerprint density at radius 1 is 1.29 bits per heavy atom. The third-order valence-corrected chi connectivity index (χ3v) is 3.36. The summed E-state index contributed by atoms with van der Waals surface area (Å²) in [5.41, 5.74) is 0.495. The lowest BCUT2D eigenvalue weighted by molar-refractivity contribution is 0.0954. The van der Waals surface area contributed by atoms with Crippen molar-refractivity contribution in [2.24, 2.45) is 0 Å². The van der Waals surface area contributed by atoms with Crippen molar-refractivity contribution in [2.45, 2.75) is 13.5 Å². The van der Waals surface area contributed by atoms with Crippen LogP contribution < -0.4 is 5.32 Å². The molecule has 88 valence electrons. The van der Waals surface area contributed by atoms with Crippen LogP contribution in [0.25, 0.3) is 0 Å². The molecule has 2 rings (SSSR count). The maximum absolute atomic E-state index is 13.3. The Labute approximate surface area is 103 Å². The molecular formula is C13H12FNOS. The molecule has 0 aliphatic carbocycles. The smallest absolute Gasteiger partial charge is 0.261 e. The van der Waals surface area contributed by atoms with Gasteiger partial charge in [0.1, 0.15) is 5.82 Å². The maximum Gasteiger partial charge on any atom is 0.261 e. The van der Waals surface area contributed by atoms with Gasteiger partial charge in [-0.1, -0.05) is 18.2 Å². The second-order valence-electron chi connectivity index (χ2n) is 3.68. The molecule has 0 fully saturated rings. The number of nitrogens with one attached hydrogen (secondary N) is 1. The zero-order valence-corrected chi connectivity index (χ0v) is 10.2. The molecule has 0 spiro atoms. The monoisotopic (exact) mass is 249 g/mol. The first-order chi connectivity index (χ1) is 8.16. The van der Waals surface area contributed by atoms with Crippen LogP contribution in [0.5, 0.6) is 0 Å². The van der Waals surface area contributed by atoms with Crippen molar-refractivity contribution < 1.29 is 9.18 Å². The quantitative estimate of drug-likeness (QED) is 0.889. The molecule has 4 heteroatoms. The highest BCUT2D eigenvalue weighted by atomic mass is 32.1. The van der Waals surface area contributed by atoms with E-state index in [0.29, 0.717) is 10.4 Å². The number of thiophene rings is 1. The molecule has 0 saturated carbocycles. The number of aryl methyl sites for hydroxylation is 1. The second-order valence-corrected chi connectivity index (χ2v) is 4.97. The van der Waals surface area contributed by atoms with Crippen LogP contribution in [0.2, 0.25) is 0 Å². The molecule has 1 aromatic carbocycles. The van der Waals surface area contributed by atoms with Crippen LogP contribution in [-0.2, 0) is 6.54 Å². The van der Waals surface area contributed by atoms with E-state index < -0.39 is 0 Å². The summed E-state index contributed by atoms with van der Waals surface area (Å²) in [6.07, 6.45) is 0. The zero-order valence-electron chi connectivity index (χ0n) is 9.37. The topological polar surface area (TPSA) is 29.1 Å². The van der Waals surface area contributed by atoms with Gasteiger partial charge in [-0.05, 0) is 25.1 Å². The van der Waals surface area contributed by atoms with Crippen LogP contribution in [0.1, 0.15) is 20.1 Å². The van der Waals surface area contributed by atoms with E-state index in [4.69, 9.17) is 0 Å². The highest BCUT2D eigenvalue weighted by Gasteiger charge is 2.08. The van der Waals surface area contributed by atoms with Gasteiger partial charge >= 0.3 is 0 Å². The first-order valence-corrected chi connectivity index (χ1v) is 6.06. The number of carbonyl (C=O) groups excluding carboxylic acids is 1. The number of hydrogen-bond acceptors (Lipinski definition) is 2. The van der Waals surface area contributed by atoms with Gasteiger partial charge in [0.25, 0.3) is 5.91 Å². The van der Waals surface area contributed by atoms with E-state index in [9.17, 15) is 9.18 Å². The Balaban J connectivity index is 1.99. The summed E-state index contributed by atoms with van der Waals surface area (Å²) >= 11 is 1.43. The standard InChI is InChI=1S/C13H12FNOS/c1-9-6-7-12(17-9)13(16)15-8-10-4-2-3-5-11(10)14/h2-7H,8H2,1H3,(H,15,16). The number of halogens is 1. The minimum atomic E-state index is -0.296. The molecule has 2 nitrogen and oxygen atoms in total. The van der Waals surface area contributed by atoms with Crippen molar-refractivity contribution in [2.75, 3.05) is 0 Å². The second kappa shape index (κ2) is 5.10. The number of benzene rings is 1. The van der Waals surface area contributed by atoms with E-state index in [2.05, 4.69) is 5.32 Å². The molecular weight excluding hydrogens is 237 g/mol. The van der Waals surface area contributed by atoms with E-state index in [-0.39, 0.29) is 18.3 Å². The third-order valence-electron chi connectivity index (χ3n) is 2.36. The number of carbonyl (C=O) groups is 1. The van der Waals surface area contributed by atoms with Crippen molar-refractivity contribution in [3.05, 3.63) is 57.5 Å². The van der Waals surface area contributed by atoms with Gasteiger partial charge in [0, 0.05) is 17.0 Å². The zero-order chi connectivity index (χ0) is 12.3. The number of amides is 1. The Morgan fingerprint density at radius 3 is 2.71 bits per heavy atom. The van der Waals surface area contributed by atoms with Gasteiger partial charge in [-0.2, -0.15) is 0 Å². The lowest BCUT2D eigenvalue weighted by Gasteiger charge is -2.04. The summed E-state index contributed by atoms with van der Waals surface area (Å²) in [5.74, 6) is -0.457. The number of rotatable bonds is 3. The van der Waals surface area contributed by atoms with Crippen molar-refractivity contribution in [3.63, 3.8) is 0 Å². The third kappa shape index (κ3) is 2.91. The van der Waals surface area contributed by atoms with Crippen LogP contribution in [-0.4, -0.2) is 5.91 Å². The normalized spacial score (nSPS) is 10.2. The molecule has 2 aromatic rings. The van der Waals surface area contributed by atoms with Crippen LogP contribution >= 0.6 is 11.3 Å². The van der Waals surface area contributed by atoms with Crippen molar-refractivity contribution in [3.8, 4) is 0 Å². The predicted molar refractivity (Wildman–Crippen MR) is 66.6 cm³/mol. The maximum atomic E-state index is 13.3. The fourth-order valence-corrected chi connectivity index (χ4v) is 2.24. The fraction of sp³-hybridized carbons (Fsp3) is 0.154. The predicted octanol–water partition coefficient (Wildman–Crippen LogP) is 3.13. The van der Waals surface area contributed by atoms with Gasteiger partial charge in [-0.25, -0.2) is 4.39 Å². The Bertz CT molecular complexity index is 536. The summed E-state index contributed by atoms with van der Waals surface area (Å²) in [7, 11) is 0. The van der Waals surface area contributed by atoms with Gasteiger partial charge < -0.3 is 5.32 Å². The van der Waals surface area contributed by atoms with E-state index in [1.165, 1.54) is 17.4 Å². The van der Waals surface area contributed by atoms with Crippen molar-refractivity contribution in [1.82, 2.24) is 5.32 Å². The largest absolute Gasteiger partial charge is 0.347 e. The minimum absolute atomic E-state index is 0.161. The Kier molecular flexibility index (Phi) is 3.54. The van der Waals surface area contributed by atoms with Crippen molar-refractivity contribution >= 4 is 17.2 Å². The molecule has 0 radical (unpaired) electrons. The van der Waals surface area contributed by atoms with Crippen LogP contribution in [0.15, 0.2) is 36.4 Å². The highest BCUT2D eigenvalue weighted by molar-refractivity contribution is 7.13. The highest BCUT2D eigenvalue weighted by Crippen LogP contribution is 2.15.